The van der Waals surface area contributed by atoms with Gasteiger partial charge in [0, 0.05) is 28.0 Å². The molecule has 0 aliphatic heterocycles. The molecule has 0 bridgehead atoms. The summed E-state index contributed by atoms with van der Waals surface area (Å²) in [6.07, 6.45) is 0. The Morgan fingerprint density at radius 3 is 2.16 bits per heavy atom. The van der Waals surface area contributed by atoms with Crippen LogP contribution in [0.4, 0.5) is 16.8 Å². The molecule has 0 saturated carbocycles. The molecule has 4 rings (SSSR count). The number of benzene rings is 2. The molecule has 9 heteroatoms. The minimum atomic E-state index is -3.79. The molecule has 2 aromatic heterocycles. The maximum atomic E-state index is 12.7. The van der Waals surface area contributed by atoms with Gasteiger partial charge in [-0.25, -0.2) is 28.1 Å². The number of nitrogens with zero attached hydrogens (tertiary/aromatic N) is 3. The summed E-state index contributed by atoms with van der Waals surface area (Å²) >= 11 is 1.49. The number of rotatable bonds is 6. The van der Waals surface area contributed by atoms with Gasteiger partial charge in [-0.3, -0.25) is 0 Å². The van der Waals surface area contributed by atoms with E-state index in [4.69, 9.17) is 0 Å². The lowest BCUT2D eigenvalue weighted by Crippen LogP contribution is -2.15. The second-order valence-electron chi connectivity index (χ2n) is 7.57. The highest BCUT2D eigenvalue weighted by Gasteiger charge is 2.16. The number of sulfonamides is 1. The first kappa shape index (κ1) is 21.9. The maximum absolute atomic E-state index is 12.7. The molecular weight excluding hydrogens is 442 g/mol. The van der Waals surface area contributed by atoms with Crippen LogP contribution in [0.2, 0.25) is 0 Å². The first-order chi connectivity index (χ1) is 15.2. The lowest BCUT2D eigenvalue weighted by atomic mass is 10.1. The summed E-state index contributed by atoms with van der Waals surface area (Å²) in [5, 5.41) is 5.96. The quantitative estimate of drug-likeness (QED) is 0.397. The van der Waals surface area contributed by atoms with E-state index in [0.717, 1.165) is 22.1 Å². The molecule has 0 aliphatic rings. The molecule has 0 spiro atoms. The van der Waals surface area contributed by atoms with E-state index in [1.807, 2.05) is 5.38 Å². The topological polar surface area (TPSA) is 96.9 Å². The Morgan fingerprint density at radius 1 is 0.812 bits per heavy atom. The summed E-state index contributed by atoms with van der Waals surface area (Å²) in [7, 11) is -3.79. The van der Waals surface area contributed by atoms with Gasteiger partial charge < -0.3 is 5.32 Å². The third kappa shape index (κ3) is 4.95. The fraction of sp³-hybridized carbons (Fsp3) is 0.174. The molecule has 0 aliphatic carbocycles. The minimum Gasteiger partial charge on any atom is -0.332 e. The van der Waals surface area contributed by atoms with Crippen LogP contribution in [0.5, 0.6) is 0 Å². The lowest BCUT2D eigenvalue weighted by molar-refractivity contribution is 0.601. The average Bonchev–Trinajstić information content (AvgIpc) is 3.18. The van der Waals surface area contributed by atoms with Gasteiger partial charge in [-0.2, -0.15) is 0 Å². The van der Waals surface area contributed by atoms with Crippen molar-refractivity contribution in [3.8, 4) is 11.3 Å². The van der Waals surface area contributed by atoms with Crippen molar-refractivity contribution in [2.75, 3.05) is 10.0 Å². The van der Waals surface area contributed by atoms with E-state index in [2.05, 4.69) is 57.0 Å². The molecule has 0 atom stereocenters. The van der Waals surface area contributed by atoms with Crippen LogP contribution in [0, 0.1) is 27.7 Å². The predicted molar refractivity (Wildman–Crippen MR) is 129 cm³/mol. The smallest absolute Gasteiger partial charge is 0.264 e. The normalized spacial score (nSPS) is 11.4. The van der Waals surface area contributed by atoms with Crippen molar-refractivity contribution in [3.05, 3.63) is 76.4 Å². The number of aromatic nitrogens is 3. The van der Waals surface area contributed by atoms with Gasteiger partial charge in [-0.1, -0.05) is 12.1 Å². The van der Waals surface area contributed by atoms with E-state index >= 15 is 0 Å². The molecule has 2 aromatic carbocycles. The Kier molecular flexibility index (Phi) is 5.94. The molecule has 0 fully saturated rings. The third-order valence-corrected chi connectivity index (χ3v) is 7.03. The number of hydrogen-bond donors (Lipinski definition) is 2. The summed E-state index contributed by atoms with van der Waals surface area (Å²) in [6, 6.07) is 14.5. The summed E-state index contributed by atoms with van der Waals surface area (Å²) in [4.78, 5) is 13.0. The van der Waals surface area contributed by atoms with Crippen molar-refractivity contribution in [2.45, 2.75) is 32.6 Å². The van der Waals surface area contributed by atoms with Crippen LogP contribution < -0.4 is 10.0 Å². The minimum absolute atomic E-state index is 0.0614. The predicted octanol–water partition coefficient (Wildman–Crippen LogP) is 5.38. The van der Waals surface area contributed by atoms with E-state index in [9.17, 15) is 8.42 Å². The zero-order valence-corrected chi connectivity index (χ0v) is 19.8. The molecule has 164 valence electrons. The van der Waals surface area contributed by atoms with E-state index in [1.54, 1.807) is 32.0 Å². The number of nitrogens with one attached hydrogen (secondary N) is 2. The fourth-order valence-corrected chi connectivity index (χ4v) is 4.84. The number of anilines is 3. The highest BCUT2D eigenvalue weighted by Crippen LogP contribution is 2.28. The van der Waals surface area contributed by atoms with Gasteiger partial charge >= 0.3 is 0 Å². The second kappa shape index (κ2) is 8.68. The van der Waals surface area contributed by atoms with Crippen molar-refractivity contribution in [1.82, 2.24) is 15.0 Å². The van der Waals surface area contributed by atoms with Gasteiger partial charge in [-0.15, -0.1) is 11.3 Å². The lowest BCUT2D eigenvalue weighted by Gasteiger charge is -2.09. The van der Waals surface area contributed by atoms with Crippen LogP contribution in [0.1, 0.15) is 22.5 Å². The van der Waals surface area contributed by atoms with Crippen LogP contribution in [-0.4, -0.2) is 23.4 Å². The standard InChI is InChI=1S/C23H23N5O2S2/c1-14-5-6-18(11-15(14)2)21-13-31-23(27-21)26-19-7-9-20(10-8-19)32(29,30)28-22-24-16(3)12-17(4)25-22/h5-13H,1-4H3,(H,26,27)(H,24,25,28). The highest BCUT2D eigenvalue weighted by molar-refractivity contribution is 7.92. The van der Waals surface area contributed by atoms with Crippen molar-refractivity contribution >= 4 is 38.1 Å². The van der Waals surface area contributed by atoms with Crippen LogP contribution in [0.3, 0.4) is 0 Å². The number of aryl methyl sites for hydroxylation is 4. The van der Waals surface area contributed by atoms with Crippen molar-refractivity contribution in [2.24, 2.45) is 0 Å². The van der Waals surface area contributed by atoms with E-state index in [1.165, 1.54) is 34.6 Å². The fourth-order valence-electron chi connectivity index (χ4n) is 3.16. The van der Waals surface area contributed by atoms with Crippen LogP contribution in [0.15, 0.2) is 58.8 Å². The van der Waals surface area contributed by atoms with Gasteiger partial charge in [0.2, 0.25) is 5.95 Å². The molecule has 0 radical (unpaired) electrons. The zero-order valence-electron chi connectivity index (χ0n) is 18.2. The first-order valence-corrected chi connectivity index (χ1v) is 12.3. The number of thiazole rings is 1. The van der Waals surface area contributed by atoms with Crippen molar-refractivity contribution in [3.63, 3.8) is 0 Å². The highest BCUT2D eigenvalue weighted by atomic mass is 32.2. The molecule has 2 heterocycles. The third-order valence-electron chi connectivity index (χ3n) is 4.93. The molecule has 0 amide bonds. The Hall–Kier alpha value is -3.30. The molecule has 32 heavy (non-hydrogen) atoms. The van der Waals surface area contributed by atoms with Gasteiger partial charge in [0.25, 0.3) is 10.0 Å². The Bertz CT molecular complexity index is 1360. The van der Waals surface area contributed by atoms with Crippen LogP contribution in [-0.2, 0) is 10.0 Å². The van der Waals surface area contributed by atoms with Gasteiger partial charge in [0.15, 0.2) is 5.13 Å². The molecule has 0 unspecified atom stereocenters. The second-order valence-corrected chi connectivity index (χ2v) is 10.1. The van der Waals surface area contributed by atoms with Crippen LogP contribution in [0.25, 0.3) is 11.3 Å². The van der Waals surface area contributed by atoms with Crippen molar-refractivity contribution < 1.29 is 8.42 Å². The van der Waals surface area contributed by atoms with E-state index in [-0.39, 0.29) is 10.8 Å². The summed E-state index contributed by atoms with van der Waals surface area (Å²) in [6.45, 7) is 7.75. The molecule has 4 aromatic rings. The SMILES string of the molecule is Cc1cc(C)nc(NS(=O)(=O)c2ccc(Nc3nc(-c4ccc(C)c(C)c4)cs3)cc2)n1. The first-order valence-electron chi connectivity index (χ1n) is 9.95. The summed E-state index contributed by atoms with van der Waals surface area (Å²) in [5.41, 5.74) is 6.57. The maximum Gasteiger partial charge on any atom is 0.264 e. The Labute approximate surface area is 191 Å². The van der Waals surface area contributed by atoms with Gasteiger partial charge in [-0.05, 0) is 75.2 Å². The molecular formula is C23H23N5O2S2. The Balaban J connectivity index is 1.48. The molecule has 7 nitrogen and oxygen atoms in total. The van der Waals surface area contributed by atoms with E-state index in [0.29, 0.717) is 11.4 Å². The van der Waals surface area contributed by atoms with E-state index < -0.39 is 10.0 Å². The molecule has 0 saturated heterocycles. The Morgan fingerprint density at radius 2 is 1.50 bits per heavy atom. The van der Waals surface area contributed by atoms with Gasteiger partial charge in [0.05, 0.1) is 10.6 Å². The zero-order chi connectivity index (χ0) is 22.9. The van der Waals surface area contributed by atoms with Gasteiger partial charge in [0.1, 0.15) is 0 Å². The average molecular weight is 466 g/mol. The summed E-state index contributed by atoms with van der Waals surface area (Å²) in [5.74, 6) is 0.0614. The summed E-state index contributed by atoms with van der Waals surface area (Å²) < 4.78 is 27.8. The monoisotopic (exact) mass is 465 g/mol. The molecule has 2 N–H and O–H groups in total. The van der Waals surface area contributed by atoms with Crippen molar-refractivity contribution in [1.29, 1.82) is 0 Å². The van der Waals surface area contributed by atoms with Crippen LogP contribution >= 0.6 is 11.3 Å². The largest absolute Gasteiger partial charge is 0.332 e. The number of hydrogen-bond acceptors (Lipinski definition) is 7.